The highest BCUT2D eigenvalue weighted by Crippen LogP contribution is 2.13. The van der Waals surface area contributed by atoms with Crippen molar-refractivity contribution in [3.8, 4) is 12.0 Å². The van der Waals surface area contributed by atoms with Gasteiger partial charge in [-0.3, -0.25) is 0 Å². The van der Waals surface area contributed by atoms with Crippen molar-refractivity contribution >= 4 is 11.2 Å². The molecule has 7 nitrogen and oxygen atoms in total. The molecule has 0 saturated carbocycles. The number of imidazole rings is 1. The third-order valence-electron chi connectivity index (χ3n) is 1.88. The Balaban J connectivity index is 1.94. The van der Waals surface area contributed by atoms with Gasteiger partial charge in [-0.15, -0.1) is 0 Å². The number of ether oxygens (including phenoxy) is 1. The van der Waals surface area contributed by atoms with E-state index in [2.05, 4.69) is 29.9 Å². The predicted octanol–water partition coefficient (Wildman–Crippen LogP) is 0.935. The van der Waals surface area contributed by atoms with Crippen LogP contribution in [0.3, 0.4) is 0 Å². The number of fused-ring (bicyclic) bond motifs is 1. The van der Waals surface area contributed by atoms with Crippen molar-refractivity contribution in [3.05, 3.63) is 31.0 Å². The highest BCUT2D eigenvalue weighted by Gasteiger charge is 2.04. The summed E-state index contributed by atoms with van der Waals surface area (Å²) in [5, 5.41) is 0. The van der Waals surface area contributed by atoms with Crippen molar-refractivity contribution in [2.75, 3.05) is 0 Å². The van der Waals surface area contributed by atoms with Gasteiger partial charge in [0.05, 0.1) is 12.5 Å². The van der Waals surface area contributed by atoms with Gasteiger partial charge in [0.1, 0.15) is 5.52 Å². The Morgan fingerprint density at radius 2 is 1.88 bits per heavy atom. The van der Waals surface area contributed by atoms with Crippen LogP contribution in [0.2, 0.25) is 0 Å². The Kier molecular flexibility index (Phi) is 1.93. The van der Waals surface area contributed by atoms with Gasteiger partial charge in [0.2, 0.25) is 0 Å². The van der Waals surface area contributed by atoms with E-state index in [9.17, 15) is 0 Å². The summed E-state index contributed by atoms with van der Waals surface area (Å²) in [6.45, 7) is 0. The van der Waals surface area contributed by atoms with Gasteiger partial charge >= 0.3 is 12.0 Å². The Labute approximate surface area is 89.6 Å². The Morgan fingerprint density at radius 1 is 1.00 bits per heavy atom. The molecule has 0 atom stereocenters. The summed E-state index contributed by atoms with van der Waals surface area (Å²) >= 11 is 0. The van der Waals surface area contributed by atoms with Crippen molar-refractivity contribution < 1.29 is 4.74 Å². The van der Waals surface area contributed by atoms with Crippen LogP contribution in [0.4, 0.5) is 0 Å². The van der Waals surface area contributed by atoms with E-state index in [1.807, 2.05) is 0 Å². The van der Waals surface area contributed by atoms with E-state index in [-0.39, 0.29) is 12.0 Å². The molecule has 0 saturated heterocycles. The maximum atomic E-state index is 5.26. The fourth-order valence-electron chi connectivity index (χ4n) is 1.19. The van der Waals surface area contributed by atoms with Crippen molar-refractivity contribution in [3.63, 3.8) is 0 Å². The lowest BCUT2D eigenvalue weighted by atomic mass is 10.6. The molecular weight excluding hydrogens is 208 g/mol. The highest BCUT2D eigenvalue weighted by molar-refractivity contribution is 5.68. The Hall–Kier alpha value is -2.57. The van der Waals surface area contributed by atoms with E-state index in [1.165, 1.54) is 0 Å². The predicted molar refractivity (Wildman–Crippen MR) is 53.8 cm³/mol. The molecule has 0 aliphatic carbocycles. The highest BCUT2D eigenvalue weighted by atomic mass is 16.5. The number of H-pyrrole nitrogens is 1. The van der Waals surface area contributed by atoms with Crippen molar-refractivity contribution in [2.45, 2.75) is 0 Å². The Bertz CT molecular complexity index is 607. The number of aromatic amines is 1. The second kappa shape index (κ2) is 3.54. The summed E-state index contributed by atoms with van der Waals surface area (Å²) in [6.07, 6.45) is 6.29. The minimum absolute atomic E-state index is 0.172. The first-order chi connectivity index (χ1) is 7.92. The molecule has 1 N–H and O–H groups in total. The van der Waals surface area contributed by atoms with E-state index in [1.54, 1.807) is 31.0 Å². The molecular formula is C9H6N6O. The summed E-state index contributed by atoms with van der Waals surface area (Å²) in [6, 6.07) is 2.08. The smallest absolute Gasteiger partial charge is 0.326 e. The summed E-state index contributed by atoms with van der Waals surface area (Å²) in [7, 11) is 0. The van der Waals surface area contributed by atoms with Crippen molar-refractivity contribution in [1.82, 2.24) is 29.9 Å². The van der Waals surface area contributed by atoms with Gasteiger partial charge in [0.25, 0.3) is 0 Å². The maximum absolute atomic E-state index is 5.26. The van der Waals surface area contributed by atoms with Crippen LogP contribution in [0, 0.1) is 0 Å². The third-order valence-corrected chi connectivity index (χ3v) is 1.88. The zero-order valence-corrected chi connectivity index (χ0v) is 8.03. The second-order valence-corrected chi connectivity index (χ2v) is 2.93. The number of nitrogens with zero attached hydrogens (tertiary/aromatic N) is 5. The molecule has 0 fully saturated rings. The van der Waals surface area contributed by atoms with Crippen LogP contribution >= 0.6 is 0 Å². The fraction of sp³-hybridized carbons (Fsp3) is 0. The van der Waals surface area contributed by atoms with Crippen LogP contribution in [0.5, 0.6) is 12.0 Å². The molecule has 3 aromatic rings. The lowest BCUT2D eigenvalue weighted by Crippen LogP contribution is -1.95. The molecule has 0 bridgehead atoms. The third kappa shape index (κ3) is 1.54. The van der Waals surface area contributed by atoms with E-state index < -0.39 is 0 Å². The molecule has 78 valence electrons. The van der Waals surface area contributed by atoms with Gasteiger partial charge in [-0.1, -0.05) is 0 Å². The van der Waals surface area contributed by atoms with E-state index in [0.29, 0.717) is 5.65 Å². The molecule has 0 amide bonds. The molecule has 0 unspecified atom stereocenters. The lowest BCUT2D eigenvalue weighted by molar-refractivity contribution is 0.408. The fourth-order valence-corrected chi connectivity index (χ4v) is 1.19. The summed E-state index contributed by atoms with van der Waals surface area (Å²) in [4.78, 5) is 22.7. The molecule has 0 radical (unpaired) electrons. The standard InChI is InChI=1S/C9H6N6O/c1-2-10-8(11-3-1)16-9-12-4-6-7(15-9)14-5-13-6/h1-5H,(H,12,13,14,15). The maximum Gasteiger partial charge on any atom is 0.326 e. The molecule has 3 aromatic heterocycles. The van der Waals surface area contributed by atoms with Crippen molar-refractivity contribution in [1.29, 1.82) is 0 Å². The largest absolute Gasteiger partial charge is 0.388 e. The normalized spacial score (nSPS) is 10.5. The van der Waals surface area contributed by atoms with Crippen LogP contribution in [-0.2, 0) is 0 Å². The van der Waals surface area contributed by atoms with Gasteiger partial charge in [-0.25, -0.2) is 19.9 Å². The first-order valence-electron chi connectivity index (χ1n) is 4.53. The zero-order chi connectivity index (χ0) is 10.8. The minimum atomic E-state index is 0.172. The van der Waals surface area contributed by atoms with Gasteiger partial charge < -0.3 is 9.72 Å². The molecule has 3 heterocycles. The monoisotopic (exact) mass is 214 g/mol. The molecule has 0 aliphatic rings. The number of hydrogen-bond acceptors (Lipinski definition) is 6. The quantitative estimate of drug-likeness (QED) is 0.682. The van der Waals surface area contributed by atoms with E-state index >= 15 is 0 Å². The number of nitrogens with one attached hydrogen (secondary N) is 1. The Morgan fingerprint density at radius 3 is 2.75 bits per heavy atom. The molecule has 0 aromatic carbocycles. The molecule has 3 rings (SSSR count). The van der Waals surface area contributed by atoms with Gasteiger partial charge in [-0.05, 0) is 6.07 Å². The minimum Gasteiger partial charge on any atom is -0.388 e. The zero-order valence-electron chi connectivity index (χ0n) is 8.03. The summed E-state index contributed by atoms with van der Waals surface area (Å²) in [5.74, 6) is 0. The van der Waals surface area contributed by atoms with Crippen LogP contribution in [-0.4, -0.2) is 29.9 Å². The number of hydrogen-bond donors (Lipinski definition) is 1. The molecule has 0 spiro atoms. The van der Waals surface area contributed by atoms with Crippen LogP contribution in [0.1, 0.15) is 0 Å². The van der Waals surface area contributed by atoms with Crippen LogP contribution in [0.25, 0.3) is 11.2 Å². The van der Waals surface area contributed by atoms with Gasteiger partial charge in [0, 0.05) is 12.4 Å². The molecule has 0 aliphatic heterocycles. The van der Waals surface area contributed by atoms with Gasteiger partial charge in [-0.2, -0.15) is 4.98 Å². The molecule has 16 heavy (non-hydrogen) atoms. The number of rotatable bonds is 2. The van der Waals surface area contributed by atoms with E-state index in [0.717, 1.165) is 5.52 Å². The average molecular weight is 214 g/mol. The van der Waals surface area contributed by atoms with Crippen LogP contribution < -0.4 is 4.74 Å². The first-order valence-corrected chi connectivity index (χ1v) is 4.53. The van der Waals surface area contributed by atoms with Crippen molar-refractivity contribution in [2.24, 2.45) is 0 Å². The SMILES string of the molecule is c1cnc(Oc2ncc3[nH]cnc3n2)nc1. The van der Waals surface area contributed by atoms with E-state index in [4.69, 9.17) is 4.74 Å². The summed E-state index contributed by atoms with van der Waals surface area (Å²) in [5.41, 5.74) is 1.29. The first kappa shape index (κ1) is 8.72. The topological polar surface area (TPSA) is 89.5 Å². The van der Waals surface area contributed by atoms with Gasteiger partial charge in [0.15, 0.2) is 5.65 Å². The number of aromatic nitrogens is 6. The second-order valence-electron chi connectivity index (χ2n) is 2.93. The lowest BCUT2D eigenvalue weighted by Gasteiger charge is -1.99. The van der Waals surface area contributed by atoms with Crippen LogP contribution in [0.15, 0.2) is 31.0 Å². The molecule has 7 heteroatoms. The summed E-state index contributed by atoms with van der Waals surface area (Å²) < 4.78 is 5.26. The average Bonchev–Trinajstić information content (AvgIpc) is 2.77.